The lowest BCUT2D eigenvalue weighted by molar-refractivity contribution is -0.140. The highest BCUT2D eigenvalue weighted by molar-refractivity contribution is 5.87. The molecule has 0 spiro atoms. The van der Waals surface area contributed by atoms with E-state index < -0.39 is 30.4 Å². The molecule has 3 amide bonds. The molecule has 1 rings (SSSR count). The maximum absolute atomic E-state index is 11.3. The van der Waals surface area contributed by atoms with Crippen molar-refractivity contribution in [3.05, 3.63) is 0 Å². The van der Waals surface area contributed by atoms with Crippen molar-refractivity contribution in [2.75, 3.05) is 6.54 Å². The second kappa shape index (κ2) is 5.51. The summed E-state index contributed by atoms with van der Waals surface area (Å²) < 4.78 is 0. The van der Waals surface area contributed by atoms with E-state index in [9.17, 15) is 14.4 Å². The number of hydrogen-bond donors (Lipinski definition) is 4. The monoisotopic (exact) mass is 243 g/mol. The molecule has 5 N–H and O–H groups in total. The minimum absolute atomic E-state index is 0.414. The lowest BCUT2D eigenvalue weighted by atomic mass is 10.2. The summed E-state index contributed by atoms with van der Waals surface area (Å²) in [5.41, 5.74) is 4.88. The van der Waals surface area contributed by atoms with Gasteiger partial charge in [0.25, 0.3) is 0 Å². The summed E-state index contributed by atoms with van der Waals surface area (Å²) in [6.45, 7) is 2.60. The van der Waals surface area contributed by atoms with Gasteiger partial charge in [-0.3, -0.25) is 4.79 Å². The highest BCUT2D eigenvalue weighted by Gasteiger charge is 2.32. The Kier molecular flexibility index (Phi) is 4.30. The van der Waals surface area contributed by atoms with Gasteiger partial charge in [0, 0.05) is 6.54 Å². The number of hydrogen-bond acceptors (Lipinski definition) is 3. The van der Waals surface area contributed by atoms with E-state index in [2.05, 4.69) is 17.6 Å². The van der Waals surface area contributed by atoms with Gasteiger partial charge in [0.15, 0.2) is 0 Å². The molecule has 0 aromatic heterocycles. The van der Waals surface area contributed by atoms with Gasteiger partial charge in [0.05, 0.1) is 6.42 Å². The molecule has 3 atom stereocenters. The van der Waals surface area contributed by atoms with Gasteiger partial charge in [-0.25, -0.2) is 9.59 Å². The highest BCUT2D eigenvalue weighted by Crippen LogP contribution is 2.36. The van der Waals surface area contributed by atoms with Crippen molar-refractivity contribution in [2.24, 2.45) is 17.6 Å². The fourth-order valence-corrected chi connectivity index (χ4v) is 1.52. The molecule has 1 saturated carbocycles. The number of carbonyl (C=O) groups is 3. The Balaban J connectivity index is 2.30. The molecule has 96 valence electrons. The van der Waals surface area contributed by atoms with Gasteiger partial charge in [0.1, 0.15) is 6.04 Å². The summed E-state index contributed by atoms with van der Waals surface area (Å²) in [5, 5.41) is 13.5. The zero-order valence-electron chi connectivity index (χ0n) is 9.60. The second-order valence-corrected chi connectivity index (χ2v) is 4.39. The van der Waals surface area contributed by atoms with E-state index in [1.165, 1.54) is 0 Å². The molecule has 1 aliphatic carbocycles. The highest BCUT2D eigenvalue weighted by atomic mass is 16.4. The van der Waals surface area contributed by atoms with Gasteiger partial charge in [-0.1, -0.05) is 6.92 Å². The molecule has 17 heavy (non-hydrogen) atoms. The standard InChI is InChI=1S/C10H17N3O4/c1-5-2-6(5)4-12-10(17)13-7(9(15)16)3-8(11)14/h5-7H,2-4H2,1H3,(H2,11,14)(H,15,16)(H2,12,13,17)/t5?,6?,7-/m1/s1. The minimum Gasteiger partial charge on any atom is -0.480 e. The van der Waals surface area contributed by atoms with Crippen LogP contribution in [0.25, 0.3) is 0 Å². The lowest BCUT2D eigenvalue weighted by Crippen LogP contribution is -2.48. The van der Waals surface area contributed by atoms with E-state index in [4.69, 9.17) is 10.8 Å². The molecule has 0 bridgehead atoms. The first-order chi connectivity index (χ1) is 7.90. The van der Waals surface area contributed by atoms with Crippen molar-refractivity contribution in [3.8, 4) is 0 Å². The molecule has 1 aliphatic rings. The van der Waals surface area contributed by atoms with Crippen LogP contribution in [0.2, 0.25) is 0 Å². The number of carbonyl (C=O) groups excluding carboxylic acids is 2. The van der Waals surface area contributed by atoms with Gasteiger partial charge in [0.2, 0.25) is 5.91 Å². The molecule has 0 radical (unpaired) electrons. The predicted molar refractivity (Wildman–Crippen MR) is 59.0 cm³/mol. The second-order valence-electron chi connectivity index (χ2n) is 4.39. The van der Waals surface area contributed by atoms with Crippen molar-refractivity contribution in [3.63, 3.8) is 0 Å². The first-order valence-corrected chi connectivity index (χ1v) is 5.45. The number of primary amides is 1. The van der Waals surface area contributed by atoms with Crippen LogP contribution in [0.5, 0.6) is 0 Å². The maximum atomic E-state index is 11.3. The number of nitrogens with one attached hydrogen (secondary N) is 2. The first kappa shape index (κ1) is 13.3. The van der Waals surface area contributed by atoms with Crippen LogP contribution >= 0.6 is 0 Å². The van der Waals surface area contributed by atoms with E-state index in [-0.39, 0.29) is 0 Å². The topological polar surface area (TPSA) is 122 Å². The maximum Gasteiger partial charge on any atom is 0.326 e. The van der Waals surface area contributed by atoms with E-state index in [0.29, 0.717) is 18.4 Å². The van der Waals surface area contributed by atoms with Crippen LogP contribution in [0.3, 0.4) is 0 Å². The normalized spacial score (nSPS) is 23.6. The summed E-state index contributed by atoms with van der Waals surface area (Å²) in [5.74, 6) is -0.969. The average Bonchev–Trinajstić information content (AvgIpc) is 2.90. The Morgan fingerprint density at radius 1 is 1.47 bits per heavy atom. The van der Waals surface area contributed by atoms with Crippen LogP contribution in [-0.4, -0.2) is 35.6 Å². The van der Waals surface area contributed by atoms with E-state index >= 15 is 0 Å². The Labute approximate surface area is 98.7 Å². The molecule has 7 nitrogen and oxygen atoms in total. The number of rotatable bonds is 6. The quantitative estimate of drug-likeness (QED) is 0.491. The molecule has 0 aromatic carbocycles. The fourth-order valence-electron chi connectivity index (χ4n) is 1.52. The number of nitrogens with two attached hydrogens (primary N) is 1. The number of carboxylic acids is 1. The third-order valence-corrected chi connectivity index (χ3v) is 2.81. The lowest BCUT2D eigenvalue weighted by Gasteiger charge is -2.13. The smallest absolute Gasteiger partial charge is 0.326 e. The zero-order valence-corrected chi connectivity index (χ0v) is 9.60. The summed E-state index contributed by atoms with van der Waals surface area (Å²) in [7, 11) is 0. The summed E-state index contributed by atoms with van der Waals surface area (Å²) in [6, 6.07) is -1.86. The summed E-state index contributed by atoms with van der Waals surface area (Å²) in [4.78, 5) is 32.7. The predicted octanol–water partition coefficient (Wildman–Crippen LogP) is -0.730. The first-order valence-electron chi connectivity index (χ1n) is 5.45. The van der Waals surface area contributed by atoms with Crippen molar-refractivity contribution in [2.45, 2.75) is 25.8 Å². The van der Waals surface area contributed by atoms with Crippen molar-refractivity contribution in [1.29, 1.82) is 0 Å². The van der Waals surface area contributed by atoms with Crippen molar-refractivity contribution >= 4 is 17.9 Å². The fraction of sp³-hybridized carbons (Fsp3) is 0.700. The van der Waals surface area contributed by atoms with Crippen LogP contribution in [0.15, 0.2) is 0 Å². The summed E-state index contributed by atoms with van der Waals surface area (Å²) >= 11 is 0. The van der Waals surface area contributed by atoms with Gasteiger partial charge in [-0.15, -0.1) is 0 Å². The average molecular weight is 243 g/mol. The molecule has 0 aromatic rings. The van der Waals surface area contributed by atoms with E-state index in [1.54, 1.807) is 0 Å². The molecule has 2 unspecified atom stereocenters. The zero-order chi connectivity index (χ0) is 13.0. The third kappa shape index (κ3) is 4.71. The van der Waals surface area contributed by atoms with Crippen molar-refractivity contribution in [1.82, 2.24) is 10.6 Å². The van der Waals surface area contributed by atoms with Gasteiger partial charge in [-0.05, 0) is 18.3 Å². The number of amides is 3. The largest absolute Gasteiger partial charge is 0.480 e. The Morgan fingerprint density at radius 2 is 2.06 bits per heavy atom. The van der Waals surface area contributed by atoms with Crippen molar-refractivity contribution < 1.29 is 19.5 Å². The Hall–Kier alpha value is -1.79. The molecular weight excluding hydrogens is 226 g/mol. The minimum atomic E-state index is -1.28. The van der Waals surface area contributed by atoms with E-state index in [1.807, 2.05) is 0 Å². The molecular formula is C10H17N3O4. The Bertz CT molecular complexity index is 332. The number of urea groups is 1. The van der Waals surface area contributed by atoms with Crippen LogP contribution in [0.4, 0.5) is 4.79 Å². The SMILES string of the molecule is CC1CC1CNC(=O)N[C@H](CC(N)=O)C(=O)O. The van der Waals surface area contributed by atoms with Crippen LogP contribution in [-0.2, 0) is 9.59 Å². The van der Waals surface area contributed by atoms with E-state index in [0.717, 1.165) is 6.42 Å². The molecule has 0 heterocycles. The number of aliphatic carboxylic acids is 1. The van der Waals surface area contributed by atoms with Crippen LogP contribution < -0.4 is 16.4 Å². The molecule has 1 fully saturated rings. The molecule has 7 heteroatoms. The molecule has 0 saturated heterocycles. The van der Waals surface area contributed by atoms with Gasteiger partial charge >= 0.3 is 12.0 Å². The molecule has 0 aliphatic heterocycles. The van der Waals surface area contributed by atoms with Crippen LogP contribution in [0, 0.1) is 11.8 Å². The number of carboxylic acid groups (broad SMARTS) is 1. The van der Waals surface area contributed by atoms with Crippen LogP contribution in [0.1, 0.15) is 19.8 Å². The Morgan fingerprint density at radius 3 is 2.47 bits per heavy atom. The third-order valence-electron chi connectivity index (χ3n) is 2.81. The van der Waals surface area contributed by atoms with Gasteiger partial charge < -0.3 is 21.5 Å². The van der Waals surface area contributed by atoms with Gasteiger partial charge in [-0.2, -0.15) is 0 Å². The summed E-state index contributed by atoms with van der Waals surface area (Å²) in [6.07, 6.45) is 0.659.